The van der Waals surface area contributed by atoms with Crippen LogP contribution in [0.25, 0.3) is 0 Å². The molecule has 2 aromatic carbocycles. The van der Waals surface area contributed by atoms with Gasteiger partial charge in [-0.3, -0.25) is 0 Å². The highest BCUT2D eigenvalue weighted by molar-refractivity contribution is 5.85. The normalized spacial score (nSPS) is 16.2. The Labute approximate surface area is 182 Å². The van der Waals surface area contributed by atoms with E-state index in [0.717, 1.165) is 11.4 Å². The summed E-state index contributed by atoms with van der Waals surface area (Å²) in [5.41, 5.74) is 2.49. The number of rotatable bonds is 7. The van der Waals surface area contributed by atoms with E-state index in [9.17, 15) is 0 Å². The van der Waals surface area contributed by atoms with Crippen molar-refractivity contribution in [2.24, 2.45) is 0 Å². The van der Waals surface area contributed by atoms with Crippen LogP contribution < -0.4 is 15.0 Å². The van der Waals surface area contributed by atoms with Crippen LogP contribution in [0.1, 0.15) is 50.6 Å². The summed E-state index contributed by atoms with van der Waals surface area (Å²) >= 11 is 0. The number of nitrogens with one attached hydrogen (secondary N) is 1. The molecule has 1 aliphatic rings. The number of halogens is 2. The quantitative estimate of drug-likeness (QED) is 0.587. The van der Waals surface area contributed by atoms with Crippen molar-refractivity contribution in [3.05, 3.63) is 60.2 Å². The molecule has 0 radical (unpaired) electrons. The van der Waals surface area contributed by atoms with Gasteiger partial charge in [0.05, 0.1) is 18.8 Å². The van der Waals surface area contributed by atoms with Crippen LogP contribution in [-0.4, -0.2) is 26.2 Å². The van der Waals surface area contributed by atoms with E-state index < -0.39 is 0 Å². The standard InChI is InChI=1S/C23H32N2O.2ClH/c1-18(25(2)21-16-10-11-17-22(21)26-3)23(19-12-6-4-7-13-19)24-20-14-8-5-9-15-20;;/h4,6-7,10-13,16-18,20,23-24H,5,8-9,14-15H2,1-3H3;2*1H/t18-,23-;;/m0../s1. The van der Waals surface area contributed by atoms with Gasteiger partial charge < -0.3 is 15.0 Å². The summed E-state index contributed by atoms with van der Waals surface area (Å²) < 4.78 is 5.59. The highest BCUT2D eigenvalue weighted by Gasteiger charge is 2.27. The lowest BCUT2D eigenvalue weighted by atomic mass is 9.92. The predicted octanol–water partition coefficient (Wildman–Crippen LogP) is 6.03. The Hall–Kier alpha value is -1.42. The number of nitrogens with zero attached hydrogens (tertiary/aromatic N) is 1. The van der Waals surface area contributed by atoms with Crippen LogP contribution in [0.2, 0.25) is 0 Å². The Morgan fingerprint density at radius 3 is 2.18 bits per heavy atom. The molecule has 1 saturated carbocycles. The molecule has 1 aliphatic carbocycles. The summed E-state index contributed by atoms with van der Waals surface area (Å²) in [5, 5.41) is 3.98. The summed E-state index contributed by atoms with van der Waals surface area (Å²) in [6.45, 7) is 2.31. The molecule has 5 heteroatoms. The average molecular weight is 425 g/mol. The third-order valence-electron chi connectivity index (χ3n) is 5.74. The zero-order valence-electron chi connectivity index (χ0n) is 17.1. The zero-order valence-corrected chi connectivity index (χ0v) is 18.8. The van der Waals surface area contributed by atoms with E-state index in [1.165, 1.54) is 37.7 Å². The van der Waals surface area contributed by atoms with Gasteiger partial charge in [0.15, 0.2) is 0 Å². The topological polar surface area (TPSA) is 24.5 Å². The Kier molecular flexibility index (Phi) is 10.7. The zero-order chi connectivity index (χ0) is 18.4. The Balaban J connectivity index is 0.00000196. The molecule has 0 bridgehead atoms. The number of ether oxygens (including phenoxy) is 1. The molecule has 2 atom stereocenters. The minimum atomic E-state index is 0. The number of methoxy groups -OCH3 is 1. The molecule has 3 rings (SSSR count). The molecule has 3 nitrogen and oxygen atoms in total. The van der Waals surface area contributed by atoms with Crippen LogP contribution in [0.15, 0.2) is 54.6 Å². The maximum absolute atomic E-state index is 5.59. The minimum absolute atomic E-state index is 0. The molecule has 1 fully saturated rings. The maximum atomic E-state index is 5.59. The highest BCUT2D eigenvalue weighted by atomic mass is 35.5. The molecule has 1 N–H and O–H groups in total. The van der Waals surface area contributed by atoms with E-state index in [1.54, 1.807) is 7.11 Å². The second-order valence-electron chi connectivity index (χ2n) is 7.41. The molecule has 0 heterocycles. The van der Waals surface area contributed by atoms with Crippen molar-refractivity contribution >= 4 is 30.5 Å². The molecule has 0 saturated heterocycles. The number of anilines is 1. The minimum Gasteiger partial charge on any atom is -0.495 e. The molecule has 0 aliphatic heterocycles. The van der Waals surface area contributed by atoms with Crippen molar-refractivity contribution in [1.29, 1.82) is 0 Å². The van der Waals surface area contributed by atoms with Crippen LogP contribution in [0.4, 0.5) is 5.69 Å². The molecule has 28 heavy (non-hydrogen) atoms. The van der Waals surface area contributed by atoms with E-state index in [0.29, 0.717) is 12.1 Å². The molecule has 0 unspecified atom stereocenters. The van der Waals surface area contributed by atoms with Crippen LogP contribution >= 0.6 is 24.8 Å². The first-order valence-corrected chi connectivity index (χ1v) is 9.87. The number of benzene rings is 2. The Morgan fingerprint density at radius 1 is 0.929 bits per heavy atom. The molecule has 0 aromatic heterocycles. The third kappa shape index (κ3) is 6.04. The van der Waals surface area contributed by atoms with Crippen molar-refractivity contribution < 1.29 is 4.74 Å². The van der Waals surface area contributed by atoms with Crippen molar-refractivity contribution in [1.82, 2.24) is 5.32 Å². The smallest absolute Gasteiger partial charge is 0.142 e. The first kappa shape index (κ1) is 24.6. The first-order valence-electron chi connectivity index (χ1n) is 9.87. The van der Waals surface area contributed by atoms with Crippen molar-refractivity contribution in [2.45, 2.75) is 57.2 Å². The van der Waals surface area contributed by atoms with Crippen molar-refractivity contribution in [3.63, 3.8) is 0 Å². The van der Waals surface area contributed by atoms with Crippen molar-refractivity contribution in [3.8, 4) is 5.75 Å². The van der Waals surface area contributed by atoms with E-state index in [2.05, 4.69) is 66.7 Å². The number of likely N-dealkylation sites (N-methyl/N-ethyl adjacent to an activating group) is 1. The SMILES string of the molecule is COc1ccccc1N(C)[C@@H](C)[C@H](NC1CCCCC1)c1ccccc1.Cl.Cl. The van der Waals surface area contributed by atoms with Crippen molar-refractivity contribution in [2.75, 3.05) is 19.1 Å². The van der Waals surface area contributed by atoms with Crippen LogP contribution in [-0.2, 0) is 0 Å². The number of para-hydroxylation sites is 2. The van der Waals surface area contributed by atoms with E-state index in [4.69, 9.17) is 4.74 Å². The van der Waals surface area contributed by atoms with Gasteiger partial charge in [0.1, 0.15) is 5.75 Å². The fraction of sp³-hybridized carbons (Fsp3) is 0.478. The fourth-order valence-electron chi connectivity index (χ4n) is 4.06. The predicted molar refractivity (Wildman–Crippen MR) is 125 cm³/mol. The van der Waals surface area contributed by atoms with Gasteiger partial charge in [0.25, 0.3) is 0 Å². The summed E-state index contributed by atoms with van der Waals surface area (Å²) in [6, 6.07) is 20.3. The Morgan fingerprint density at radius 2 is 1.54 bits per heavy atom. The van der Waals surface area contributed by atoms with Gasteiger partial charge in [-0.15, -0.1) is 24.8 Å². The molecular formula is C23H34Cl2N2O. The fourth-order valence-corrected chi connectivity index (χ4v) is 4.06. The number of hydrogen-bond donors (Lipinski definition) is 1. The maximum Gasteiger partial charge on any atom is 0.142 e. The highest BCUT2D eigenvalue weighted by Crippen LogP contribution is 2.32. The summed E-state index contributed by atoms with van der Waals surface area (Å²) in [6.07, 6.45) is 6.64. The van der Waals surface area contributed by atoms with Gasteiger partial charge in [-0.25, -0.2) is 0 Å². The monoisotopic (exact) mass is 424 g/mol. The number of hydrogen-bond acceptors (Lipinski definition) is 3. The Bertz CT molecular complexity index is 677. The van der Waals surface area contributed by atoms with Gasteiger partial charge in [0, 0.05) is 19.1 Å². The van der Waals surface area contributed by atoms with Gasteiger partial charge >= 0.3 is 0 Å². The molecular weight excluding hydrogens is 391 g/mol. The summed E-state index contributed by atoms with van der Waals surface area (Å²) in [7, 11) is 3.91. The van der Waals surface area contributed by atoms with Gasteiger partial charge in [-0.2, -0.15) is 0 Å². The van der Waals surface area contributed by atoms with Gasteiger partial charge in [-0.1, -0.05) is 61.7 Å². The lowest BCUT2D eigenvalue weighted by molar-refractivity contribution is 0.316. The van der Waals surface area contributed by atoms with Gasteiger partial charge in [-0.05, 0) is 37.5 Å². The molecule has 2 aromatic rings. The van der Waals surface area contributed by atoms with Gasteiger partial charge in [0.2, 0.25) is 0 Å². The summed E-state index contributed by atoms with van der Waals surface area (Å²) in [4.78, 5) is 2.34. The molecule has 0 spiro atoms. The van der Waals surface area contributed by atoms with E-state index in [-0.39, 0.29) is 30.9 Å². The molecule has 156 valence electrons. The first-order chi connectivity index (χ1) is 12.7. The lowest BCUT2D eigenvalue weighted by Crippen LogP contribution is -2.45. The van der Waals surface area contributed by atoms with Crippen LogP contribution in [0.3, 0.4) is 0 Å². The second kappa shape index (κ2) is 12.2. The third-order valence-corrected chi connectivity index (χ3v) is 5.74. The van der Waals surface area contributed by atoms with Crippen LogP contribution in [0.5, 0.6) is 5.75 Å². The molecule has 0 amide bonds. The summed E-state index contributed by atoms with van der Waals surface area (Å²) in [5.74, 6) is 0.923. The average Bonchev–Trinajstić information content (AvgIpc) is 2.72. The second-order valence-corrected chi connectivity index (χ2v) is 7.41. The lowest BCUT2D eigenvalue weighted by Gasteiger charge is -2.38. The van der Waals surface area contributed by atoms with E-state index in [1.807, 2.05) is 12.1 Å². The largest absolute Gasteiger partial charge is 0.495 e. The van der Waals surface area contributed by atoms with E-state index >= 15 is 0 Å². The van der Waals surface area contributed by atoms with Crippen LogP contribution in [0, 0.1) is 0 Å².